The lowest BCUT2D eigenvalue weighted by molar-refractivity contribution is -0.136. The van der Waals surface area contributed by atoms with Crippen molar-refractivity contribution in [2.75, 3.05) is 6.61 Å². The summed E-state index contributed by atoms with van der Waals surface area (Å²) in [5.41, 5.74) is -0.885. The third-order valence-corrected chi connectivity index (χ3v) is 4.90. The number of aliphatic hydroxyl groups is 1. The number of hydrogen-bond donors (Lipinski definition) is 2. The van der Waals surface area contributed by atoms with E-state index in [2.05, 4.69) is 0 Å². The summed E-state index contributed by atoms with van der Waals surface area (Å²) in [6.45, 7) is -0.222. The van der Waals surface area contributed by atoms with E-state index >= 15 is 0 Å². The van der Waals surface area contributed by atoms with Crippen molar-refractivity contribution in [2.24, 2.45) is 0 Å². The summed E-state index contributed by atoms with van der Waals surface area (Å²) in [5, 5.41) is 18.4. The summed E-state index contributed by atoms with van der Waals surface area (Å²) in [5.74, 6) is -1.06. The molecule has 5 heteroatoms. The summed E-state index contributed by atoms with van der Waals surface area (Å²) in [6.07, 6.45) is 5.75. The van der Waals surface area contributed by atoms with Gasteiger partial charge in [0.25, 0.3) is 0 Å². The maximum absolute atomic E-state index is 12.0. The monoisotopic (exact) mass is 232 g/mol. The Bertz CT molecular complexity index is 285. The van der Waals surface area contributed by atoms with Crippen LogP contribution in [0.1, 0.15) is 32.1 Å². The normalized spacial score (nSPS) is 20.5. The maximum Gasteiger partial charge on any atom is 0.314 e. The van der Waals surface area contributed by atoms with Crippen LogP contribution in [-0.4, -0.2) is 28.4 Å². The zero-order valence-electron chi connectivity index (χ0n) is 8.61. The van der Waals surface area contributed by atoms with Crippen LogP contribution < -0.4 is 0 Å². The summed E-state index contributed by atoms with van der Waals surface area (Å²) in [7, 11) is -2.24. The van der Waals surface area contributed by atoms with Crippen LogP contribution in [0.5, 0.6) is 0 Å². The molecule has 1 aliphatic rings. The second kappa shape index (κ2) is 6.09. The molecule has 0 saturated carbocycles. The lowest BCUT2D eigenvalue weighted by Gasteiger charge is -2.16. The van der Waals surface area contributed by atoms with Gasteiger partial charge in [-0.1, -0.05) is 6.08 Å². The topological polar surface area (TPSA) is 74.6 Å². The van der Waals surface area contributed by atoms with Crippen LogP contribution in [0, 0.1) is 0 Å². The number of carbonyl (C=O) groups is 1. The van der Waals surface area contributed by atoms with E-state index in [9.17, 15) is 9.36 Å². The van der Waals surface area contributed by atoms with Crippen LogP contribution in [0.4, 0.5) is 0 Å². The van der Waals surface area contributed by atoms with Crippen LogP contribution in [0.3, 0.4) is 0 Å². The predicted molar refractivity (Wildman–Crippen MR) is 58.7 cm³/mol. The minimum atomic E-state index is -2.24. The van der Waals surface area contributed by atoms with Gasteiger partial charge in [0.15, 0.2) is 0 Å². The quantitative estimate of drug-likeness (QED) is 0.709. The highest BCUT2D eigenvalue weighted by molar-refractivity contribution is 7.51. The van der Waals surface area contributed by atoms with Crippen molar-refractivity contribution in [1.29, 1.82) is 0 Å². The highest BCUT2D eigenvalue weighted by Gasteiger charge is 2.26. The first-order valence-corrected chi connectivity index (χ1v) is 6.72. The molecule has 0 aliphatic heterocycles. The molecule has 0 bridgehead atoms. The van der Waals surface area contributed by atoms with Crippen LogP contribution in [0.15, 0.2) is 11.4 Å². The Morgan fingerprint density at radius 3 is 2.73 bits per heavy atom. The van der Waals surface area contributed by atoms with Gasteiger partial charge in [-0.05, 0) is 37.4 Å². The van der Waals surface area contributed by atoms with Crippen molar-refractivity contribution in [1.82, 2.24) is 0 Å². The van der Waals surface area contributed by atoms with E-state index in [-0.39, 0.29) is 13.0 Å². The van der Waals surface area contributed by atoms with E-state index in [0.29, 0.717) is 0 Å². The Morgan fingerprint density at radius 1 is 1.53 bits per heavy atom. The average Bonchev–Trinajstić information content (AvgIpc) is 2.26. The smallest absolute Gasteiger partial charge is 0.314 e. The number of hydrogen-bond acceptors (Lipinski definition) is 3. The zero-order chi connectivity index (χ0) is 11.3. The highest BCUT2D eigenvalue weighted by Crippen LogP contribution is 2.44. The Labute approximate surface area is 89.8 Å². The highest BCUT2D eigenvalue weighted by atomic mass is 31.1. The zero-order valence-corrected chi connectivity index (χ0v) is 9.61. The van der Waals surface area contributed by atoms with E-state index in [1.54, 1.807) is 0 Å². The van der Waals surface area contributed by atoms with Crippen molar-refractivity contribution in [3.8, 4) is 0 Å². The molecule has 0 aromatic rings. The molecule has 2 N–H and O–H groups in total. The first kappa shape index (κ1) is 12.5. The van der Waals surface area contributed by atoms with Gasteiger partial charge in [-0.25, -0.2) is 0 Å². The Morgan fingerprint density at radius 2 is 2.27 bits per heavy atom. The molecule has 1 aliphatic carbocycles. The number of carboxylic acids is 1. The van der Waals surface area contributed by atoms with E-state index in [0.717, 1.165) is 31.0 Å². The lowest BCUT2D eigenvalue weighted by Crippen LogP contribution is -2.18. The molecule has 4 nitrogen and oxygen atoms in total. The van der Waals surface area contributed by atoms with Gasteiger partial charge in [-0.2, -0.15) is 0 Å². The summed E-state index contributed by atoms with van der Waals surface area (Å²) < 4.78 is 12.0. The summed E-state index contributed by atoms with van der Waals surface area (Å²) >= 11 is 0. The number of aliphatic hydroxyl groups excluding tert-OH is 1. The fraction of sp³-hybridized carbons (Fsp3) is 0.700. The van der Waals surface area contributed by atoms with Crippen molar-refractivity contribution in [2.45, 2.75) is 37.8 Å². The van der Waals surface area contributed by atoms with Gasteiger partial charge in [0.2, 0.25) is 0 Å². The molecule has 0 amide bonds. The molecule has 0 saturated heterocycles. The molecule has 0 aromatic carbocycles. The first-order chi connectivity index (χ1) is 7.16. The molecular formula is C10H17O4P. The second-order valence-corrected chi connectivity index (χ2v) is 5.81. The molecular weight excluding hydrogens is 215 g/mol. The van der Waals surface area contributed by atoms with Crippen LogP contribution in [0.2, 0.25) is 0 Å². The number of allylic oxidation sites excluding steroid dienone is 2. The van der Waals surface area contributed by atoms with Gasteiger partial charge >= 0.3 is 5.97 Å². The molecule has 1 rings (SSSR count). The minimum absolute atomic E-state index is 0.0878. The Hall–Kier alpha value is -0.600. The van der Waals surface area contributed by atoms with Gasteiger partial charge in [-0.15, -0.1) is 0 Å². The summed E-state index contributed by atoms with van der Waals surface area (Å²) in [4.78, 5) is 10.9. The largest absolute Gasteiger partial charge is 0.481 e. The fourth-order valence-corrected chi connectivity index (χ4v) is 3.61. The molecule has 0 spiro atoms. The van der Waals surface area contributed by atoms with Crippen molar-refractivity contribution >= 4 is 13.8 Å². The van der Waals surface area contributed by atoms with Crippen LogP contribution >= 0.6 is 7.80 Å². The third kappa shape index (κ3) is 3.47. The van der Waals surface area contributed by atoms with Crippen LogP contribution in [-0.2, 0) is 9.36 Å². The molecule has 0 radical (unpaired) electrons. The Balaban J connectivity index is 2.70. The van der Waals surface area contributed by atoms with Crippen molar-refractivity contribution < 1.29 is 19.6 Å². The molecule has 15 heavy (non-hydrogen) atoms. The standard InChI is InChI=1S/C10H17O4P/c11-7-6-9(10(12)13)15(14)8-4-2-1-3-5-8/h4,9,11,15H,1-3,5-7H2,(H,12,13). The van der Waals surface area contributed by atoms with Gasteiger partial charge in [0, 0.05) is 6.61 Å². The predicted octanol–water partition coefficient (Wildman–Crippen LogP) is 1.84. The van der Waals surface area contributed by atoms with Gasteiger partial charge in [0.05, 0.1) is 0 Å². The average molecular weight is 232 g/mol. The van der Waals surface area contributed by atoms with Crippen molar-refractivity contribution in [3.05, 3.63) is 11.4 Å². The molecule has 0 aromatic heterocycles. The maximum atomic E-state index is 12.0. The second-order valence-electron chi connectivity index (χ2n) is 3.74. The lowest BCUT2D eigenvalue weighted by atomic mass is 10.1. The molecule has 0 heterocycles. The van der Waals surface area contributed by atoms with Crippen LogP contribution in [0.25, 0.3) is 0 Å². The SMILES string of the molecule is O=C(O)C(CCO)[PH](=O)C1=CCCCC1. The first-order valence-electron chi connectivity index (χ1n) is 5.23. The summed E-state index contributed by atoms with van der Waals surface area (Å²) in [6, 6.07) is 0. The van der Waals surface area contributed by atoms with E-state index < -0.39 is 19.4 Å². The minimum Gasteiger partial charge on any atom is -0.481 e. The third-order valence-electron chi connectivity index (χ3n) is 2.64. The number of rotatable bonds is 5. The van der Waals surface area contributed by atoms with E-state index in [1.807, 2.05) is 6.08 Å². The molecule has 2 atom stereocenters. The Kier molecular flexibility index (Phi) is 5.06. The van der Waals surface area contributed by atoms with Gasteiger partial charge in [-0.3, -0.25) is 4.79 Å². The number of carboxylic acid groups (broad SMARTS) is 1. The van der Waals surface area contributed by atoms with Crippen molar-refractivity contribution in [3.63, 3.8) is 0 Å². The molecule has 86 valence electrons. The van der Waals surface area contributed by atoms with E-state index in [1.165, 1.54) is 0 Å². The molecule has 2 unspecified atom stereocenters. The fourth-order valence-electron chi connectivity index (χ4n) is 1.78. The van der Waals surface area contributed by atoms with Gasteiger partial charge in [0.1, 0.15) is 13.5 Å². The van der Waals surface area contributed by atoms with E-state index in [4.69, 9.17) is 10.2 Å². The van der Waals surface area contributed by atoms with Gasteiger partial charge < -0.3 is 14.8 Å². The number of aliphatic carboxylic acids is 1. The molecule has 0 fully saturated rings.